The summed E-state index contributed by atoms with van der Waals surface area (Å²) in [6.07, 6.45) is 3.65. The van der Waals surface area contributed by atoms with Gasteiger partial charge in [0.1, 0.15) is 11.5 Å². The Labute approximate surface area is 178 Å². The number of hydrogen-bond acceptors (Lipinski definition) is 5. The highest BCUT2D eigenvalue weighted by Gasteiger charge is 2.26. The molecule has 1 amide bonds. The quantitative estimate of drug-likeness (QED) is 0.611. The zero-order valence-corrected chi connectivity index (χ0v) is 18.0. The maximum atomic E-state index is 12.8. The Morgan fingerprint density at radius 2 is 1.73 bits per heavy atom. The summed E-state index contributed by atoms with van der Waals surface area (Å²) >= 11 is 0. The summed E-state index contributed by atoms with van der Waals surface area (Å²) in [5, 5.41) is 2.78. The molecule has 0 saturated carbocycles. The van der Waals surface area contributed by atoms with Crippen LogP contribution in [-0.4, -0.2) is 45.4 Å². The van der Waals surface area contributed by atoms with Crippen LogP contribution in [0.5, 0.6) is 11.5 Å². The Hall–Kier alpha value is -2.58. The number of hydrogen-bond donors (Lipinski definition) is 1. The second kappa shape index (κ2) is 10.4. The van der Waals surface area contributed by atoms with Gasteiger partial charge in [0.15, 0.2) is 0 Å². The van der Waals surface area contributed by atoms with Crippen LogP contribution in [-0.2, 0) is 14.8 Å². The molecule has 1 heterocycles. The topological polar surface area (TPSA) is 84.9 Å². The number of nitrogens with zero attached hydrogens (tertiary/aromatic N) is 1. The van der Waals surface area contributed by atoms with Gasteiger partial charge in [0, 0.05) is 25.2 Å². The van der Waals surface area contributed by atoms with E-state index in [-0.39, 0.29) is 17.2 Å². The van der Waals surface area contributed by atoms with E-state index in [0.717, 1.165) is 25.0 Å². The highest BCUT2D eigenvalue weighted by atomic mass is 32.2. The first-order valence-electron chi connectivity index (χ1n) is 10.2. The molecular formula is C22H28N2O5S. The smallest absolute Gasteiger partial charge is 0.243 e. The molecule has 0 aromatic heterocycles. The van der Waals surface area contributed by atoms with Gasteiger partial charge in [-0.2, -0.15) is 4.31 Å². The molecule has 0 aliphatic carbocycles. The van der Waals surface area contributed by atoms with Gasteiger partial charge in [-0.05, 0) is 61.7 Å². The molecule has 0 bridgehead atoms. The van der Waals surface area contributed by atoms with E-state index in [4.69, 9.17) is 9.47 Å². The van der Waals surface area contributed by atoms with E-state index in [0.29, 0.717) is 37.6 Å². The van der Waals surface area contributed by atoms with Gasteiger partial charge in [-0.15, -0.1) is 0 Å². The third kappa shape index (κ3) is 5.96. The molecule has 162 valence electrons. The zero-order chi connectivity index (χ0) is 21.4. The number of ether oxygens (including phenoxy) is 2. The van der Waals surface area contributed by atoms with E-state index >= 15 is 0 Å². The molecule has 1 fully saturated rings. The predicted molar refractivity (Wildman–Crippen MR) is 115 cm³/mol. The molecule has 1 aliphatic heterocycles. The summed E-state index contributed by atoms with van der Waals surface area (Å²) in [6, 6.07) is 13.7. The highest BCUT2D eigenvalue weighted by molar-refractivity contribution is 7.89. The molecule has 8 heteroatoms. The van der Waals surface area contributed by atoms with Crippen molar-refractivity contribution in [1.29, 1.82) is 0 Å². The molecule has 0 spiro atoms. The summed E-state index contributed by atoms with van der Waals surface area (Å²) in [7, 11) is -1.92. The summed E-state index contributed by atoms with van der Waals surface area (Å²) in [5.41, 5.74) is 0.481. The Kier molecular flexibility index (Phi) is 7.70. The maximum Gasteiger partial charge on any atom is 0.243 e. The SMILES string of the molecule is COc1ccc(OCCCC(=O)Nc2cccc(S(=O)(=O)N3CCCCC3)c2)cc1. The van der Waals surface area contributed by atoms with Crippen molar-refractivity contribution in [1.82, 2.24) is 4.31 Å². The van der Waals surface area contributed by atoms with Crippen molar-refractivity contribution in [2.75, 3.05) is 32.1 Å². The van der Waals surface area contributed by atoms with Crippen LogP contribution < -0.4 is 14.8 Å². The summed E-state index contributed by atoms with van der Waals surface area (Å²) in [5.74, 6) is 1.29. The van der Waals surface area contributed by atoms with Crippen molar-refractivity contribution in [3.05, 3.63) is 48.5 Å². The van der Waals surface area contributed by atoms with Gasteiger partial charge >= 0.3 is 0 Å². The van der Waals surface area contributed by atoms with E-state index in [1.807, 2.05) is 24.3 Å². The number of amides is 1. The maximum absolute atomic E-state index is 12.8. The van der Waals surface area contributed by atoms with Crippen LogP contribution in [0.2, 0.25) is 0 Å². The third-order valence-corrected chi connectivity index (χ3v) is 6.84. The number of carbonyl (C=O) groups excluding carboxylic acids is 1. The lowest BCUT2D eigenvalue weighted by atomic mass is 10.2. The molecule has 30 heavy (non-hydrogen) atoms. The van der Waals surface area contributed by atoms with Crippen LogP contribution >= 0.6 is 0 Å². The van der Waals surface area contributed by atoms with Crippen LogP contribution in [0.4, 0.5) is 5.69 Å². The van der Waals surface area contributed by atoms with E-state index in [1.165, 1.54) is 10.4 Å². The number of methoxy groups -OCH3 is 1. The molecule has 1 saturated heterocycles. The Balaban J connectivity index is 1.48. The molecule has 0 radical (unpaired) electrons. The number of anilines is 1. The molecule has 0 atom stereocenters. The lowest BCUT2D eigenvalue weighted by molar-refractivity contribution is -0.116. The van der Waals surface area contributed by atoms with Crippen molar-refractivity contribution in [2.45, 2.75) is 37.0 Å². The van der Waals surface area contributed by atoms with Crippen LogP contribution in [0.3, 0.4) is 0 Å². The molecule has 1 N–H and O–H groups in total. The number of rotatable bonds is 9. The van der Waals surface area contributed by atoms with Crippen molar-refractivity contribution in [3.8, 4) is 11.5 Å². The van der Waals surface area contributed by atoms with Gasteiger partial charge in [0.25, 0.3) is 0 Å². The van der Waals surface area contributed by atoms with E-state index in [9.17, 15) is 13.2 Å². The Morgan fingerprint density at radius 3 is 2.43 bits per heavy atom. The second-order valence-electron chi connectivity index (χ2n) is 7.17. The van der Waals surface area contributed by atoms with Gasteiger partial charge < -0.3 is 14.8 Å². The van der Waals surface area contributed by atoms with E-state index in [1.54, 1.807) is 25.3 Å². The van der Waals surface area contributed by atoms with Crippen molar-refractivity contribution in [3.63, 3.8) is 0 Å². The average Bonchev–Trinajstić information content (AvgIpc) is 2.78. The minimum absolute atomic E-state index is 0.180. The largest absolute Gasteiger partial charge is 0.497 e. The van der Waals surface area contributed by atoms with E-state index < -0.39 is 10.0 Å². The van der Waals surface area contributed by atoms with Gasteiger partial charge in [-0.1, -0.05) is 12.5 Å². The molecule has 2 aromatic rings. The lowest BCUT2D eigenvalue weighted by Gasteiger charge is -2.26. The second-order valence-corrected chi connectivity index (χ2v) is 9.11. The highest BCUT2D eigenvalue weighted by Crippen LogP contribution is 2.23. The number of carbonyl (C=O) groups is 1. The first kappa shape index (κ1) is 22.1. The van der Waals surface area contributed by atoms with Crippen molar-refractivity contribution in [2.24, 2.45) is 0 Å². The van der Waals surface area contributed by atoms with Crippen LogP contribution in [0.15, 0.2) is 53.4 Å². The number of sulfonamides is 1. The Bertz CT molecular complexity index is 938. The summed E-state index contributed by atoms with van der Waals surface area (Å²) < 4.78 is 37.8. The summed E-state index contributed by atoms with van der Waals surface area (Å²) in [6.45, 7) is 1.50. The molecule has 0 unspecified atom stereocenters. The average molecular weight is 433 g/mol. The normalized spacial score (nSPS) is 14.8. The summed E-state index contributed by atoms with van der Waals surface area (Å²) in [4.78, 5) is 12.4. The standard InChI is InChI=1S/C22H28N2O5S/c1-28-19-10-12-20(13-11-19)29-16-6-9-22(25)23-18-7-5-8-21(17-18)30(26,27)24-14-3-2-4-15-24/h5,7-8,10-13,17H,2-4,6,9,14-16H2,1H3,(H,23,25). The molecule has 2 aromatic carbocycles. The van der Waals surface area contributed by atoms with Crippen molar-refractivity contribution < 1.29 is 22.7 Å². The molecule has 7 nitrogen and oxygen atoms in total. The number of piperidine rings is 1. The first-order valence-corrected chi connectivity index (χ1v) is 11.6. The minimum atomic E-state index is -3.52. The Morgan fingerprint density at radius 1 is 1.03 bits per heavy atom. The van der Waals surface area contributed by atoms with Crippen LogP contribution in [0.1, 0.15) is 32.1 Å². The number of nitrogens with one attached hydrogen (secondary N) is 1. The third-order valence-electron chi connectivity index (χ3n) is 4.95. The first-order chi connectivity index (χ1) is 14.5. The lowest BCUT2D eigenvalue weighted by Crippen LogP contribution is -2.35. The van der Waals surface area contributed by atoms with Gasteiger partial charge in [-0.3, -0.25) is 4.79 Å². The van der Waals surface area contributed by atoms with Crippen LogP contribution in [0.25, 0.3) is 0 Å². The van der Waals surface area contributed by atoms with Gasteiger partial charge in [-0.25, -0.2) is 8.42 Å². The van der Waals surface area contributed by atoms with Gasteiger partial charge in [0.2, 0.25) is 15.9 Å². The van der Waals surface area contributed by atoms with Crippen molar-refractivity contribution >= 4 is 21.6 Å². The van der Waals surface area contributed by atoms with Crippen LogP contribution in [0, 0.1) is 0 Å². The predicted octanol–water partition coefficient (Wildman–Crippen LogP) is 3.67. The zero-order valence-electron chi connectivity index (χ0n) is 17.2. The monoisotopic (exact) mass is 432 g/mol. The minimum Gasteiger partial charge on any atom is -0.497 e. The molecular weight excluding hydrogens is 404 g/mol. The number of benzene rings is 2. The fraction of sp³-hybridized carbons (Fsp3) is 0.409. The fourth-order valence-corrected chi connectivity index (χ4v) is 4.87. The fourth-order valence-electron chi connectivity index (χ4n) is 3.31. The molecule has 3 rings (SSSR count). The molecule has 1 aliphatic rings. The van der Waals surface area contributed by atoms with E-state index in [2.05, 4.69) is 5.32 Å². The van der Waals surface area contributed by atoms with Gasteiger partial charge in [0.05, 0.1) is 18.6 Å².